The number of likely N-dealkylation sites (N-methyl/N-ethyl adjacent to an activating group) is 1. The van der Waals surface area contributed by atoms with Gasteiger partial charge in [-0.2, -0.15) is 0 Å². The van der Waals surface area contributed by atoms with Crippen LogP contribution < -0.4 is 5.32 Å². The first kappa shape index (κ1) is 71.2. The molecule has 2 N–H and O–H groups in total. The van der Waals surface area contributed by atoms with Crippen molar-refractivity contribution in [2.24, 2.45) is 0 Å². The maximum absolute atomic E-state index is 13.5. The van der Waals surface area contributed by atoms with Gasteiger partial charge >= 0.3 is 13.8 Å². The van der Waals surface area contributed by atoms with Gasteiger partial charge in [0.1, 0.15) is 19.3 Å². The van der Waals surface area contributed by atoms with Crippen LogP contribution in [-0.2, 0) is 27.9 Å². The van der Waals surface area contributed by atoms with Crippen molar-refractivity contribution in [1.29, 1.82) is 0 Å². The Bertz CT molecular complexity index is 1350. The van der Waals surface area contributed by atoms with Crippen LogP contribution in [0.15, 0.2) is 36.5 Å². The van der Waals surface area contributed by atoms with Crippen LogP contribution in [0.5, 0.6) is 0 Å². The largest absolute Gasteiger partial charge is 0.472 e. The van der Waals surface area contributed by atoms with Crippen molar-refractivity contribution in [3.8, 4) is 0 Å². The van der Waals surface area contributed by atoms with E-state index in [0.717, 1.165) is 51.4 Å². The molecule has 0 aromatic rings. The summed E-state index contributed by atoms with van der Waals surface area (Å²) in [5.41, 5.74) is 0. The van der Waals surface area contributed by atoms with Gasteiger partial charge in [-0.1, -0.05) is 276 Å². The molecule has 0 aromatic heterocycles. The number of nitrogens with one attached hydrogen (secondary N) is 1. The Balaban J connectivity index is 5.24. The lowest BCUT2D eigenvalue weighted by Crippen LogP contribution is -2.47. The molecule has 1 amide bonds. The van der Waals surface area contributed by atoms with Crippen LogP contribution in [0, 0.1) is 0 Å². The lowest BCUT2D eigenvalue weighted by Gasteiger charge is -2.27. The number of esters is 1. The summed E-state index contributed by atoms with van der Waals surface area (Å²) in [4.78, 5) is 37.6. The van der Waals surface area contributed by atoms with E-state index in [9.17, 15) is 19.0 Å². The number of phosphoric acid groups is 1. The Morgan fingerprint density at radius 3 is 1.26 bits per heavy atom. The van der Waals surface area contributed by atoms with Gasteiger partial charge in [0.15, 0.2) is 0 Å². The van der Waals surface area contributed by atoms with Gasteiger partial charge in [-0.15, -0.1) is 0 Å². The summed E-state index contributed by atoms with van der Waals surface area (Å²) >= 11 is 0. The van der Waals surface area contributed by atoms with E-state index in [1.54, 1.807) is 0 Å². The molecule has 3 atom stereocenters. The molecular weight excluding hydrogens is 928 g/mol. The molecule has 0 aliphatic rings. The number of rotatable bonds is 57. The van der Waals surface area contributed by atoms with Crippen LogP contribution >= 0.6 is 7.82 Å². The average Bonchev–Trinajstić information content (AvgIpc) is 3.35. The topological polar surface area (TPSA) is 111 Å². The first-order valence-electron chi connectivity index (χ1n) is 31.3. The molecule has 0 fully saturated rings. The predicted octanol–water partition coefficient (Wildman–Crippen LogP) is 19.1. The molecule has 430 valence electrons. The maximum atomic E-state index is 13.5. The highest BCUT2D eigenvalue weighted by molar-refractivity contribution is 7.47. The fourth-order valence-electron chi connectivity index (χ4n) is 9.23. The minimum Gasteiger partial charge on any atom is -0.456 e. The number of phosphoric ester groups is 1. The first-order chi connectivity index (χ1) is 35.4. The van der Waals surface area contributed by atoms with Crippen molar-refractivity contribution in [3.63, 3.8) is 0 Å². The van der Waals surface area contributed by atoms with Gasteiger partial charge in [0.05, 0.1) is 33.8 Å². The minimum absolute atomic E-state index is 0.0334. The van der Waals surface area contributed by atoms with Gasteiger partial charge in [0.2, 0.25) is 5.91 Å². The van der Waals surface area contributed by atoms with E-state index >= 15 is 0 Å². The standard InChI is InChI=1S/C63H121N2O7P/c1-7-10-13-16-19-22-25-28-29-30-31-32-33-34-35-38-41-44-47-50-53-56-63(67)72-61(54-51-48-45-42-39-36-26-23-20-17-14-11-8-2)60(59-71-73(68,69)70-58-57-65(4,5)6)64-62(66)55-52-49-46-43-40-37-27-24-21-18-15-12-9-3/h37,40,46,49,51,54,60-61H,7-36,38-39,41-45,47-48,50,52-53,55-59H2,1-6H3,(H-,64,66,68,69)/p+1/b40-37-,49-46+,54-51-. The molecule has 0 saturated carbocycles. The Morgan fingerprint density at radius 1 is 0.479 bits per heavy atom. The lowest BCUT2D eigenvalue weighted by atomic mass is 10.0. The highest BCUT2D eigenvalue weighted by atomic mass is 31.2. The van der Waals surface area contributed by atoms with E-state index in [4.69, 9.17) is 13.8 Å². The molecule has 3 unspecified atom stereocenters. The second-order valence-electron chi connectivity index (χ2n) is 22.6. The van der Waals surface area contributed by atoms with Crippen LogP contribution in [0.3, 0.4) is 0 Å². The Labute approximate surface area is 453 Å². The minimum atomic E-state index is -4.46. The van der Waals surface area contributed by atoms with Crippen LogP contribution in [0.4, 0.5) is 0 Å². The maximum Gasteiger partial charge on any atom is 0.472 e. The quantitative estimate of drug-likeness (QED) is 0.0205. The van der Waals surface area contributed by atoms with Crippen LogP contribution in [0.2, 0.25) is 0 Å². The summed E-state index contributed by atoms with van der Waals surface area (Å²) in [6.07, 6.45) is 64.5. The van der Waals surface area contributed by atoms with Gasteiger partial charge in [0.25, 0.3) is 0 Å². The van der Waals surface area contributed by atoms with E-state index in [1.165, 1.54) is 212 Å². The second-order valence-corrected chi connectivity index (χ2v) is 24.0. The third-order valence-electron chi connectivity index (χ3n) is 14.1. The number of unbranched alkanes of at least 4 members (excludes halogenated alkanes) is 37. The van der Waals surface area contributed by atoms with Crippen LogP contribution in [0.25, 0.3) is 0 Å². The molecule has 0 spiro atoms. The summed E-state index contributed by atoms with van der Waals surface area (Å²) in [7, 11) is 1.48. The Hall–Kier alpha value is -1.77. The molecule has 0 bridgehead atoms. The summed E-state index contributed by atoms with van der Waals surface area (Å²) in [5.74, 6) is -0.569. The zero-order valence-corrected chi connectivity index (χ0v) is 50.0. The van der Waals surface area contributed by atoms with Crippen molar-refractivity contribution < 1.29 is 37.3 Å². The van der Waals surface area contributed by atoms with E-state index < -0.39 is 20.0 Å². The number of hydrogen-bond donors (Lipinski definition) is 2. The van der Waals surface area contributed by atoms with Gasteiger partial charge < -0.3 is 19.4 Å². The van der Waals surface area contributed by atoms with Gasteiger partial charge in [-0.25, -0.2) is 4.57 Å². The van der Waals surface area contributed by atoms with Crippen molar-refractivity contribution in [3.05, 3.63) is 36.5 Å². The van der Waals surface area contributed by atoms with E-state index in [0.29, 0.717) is 17.4 Å². The predicted molar refractivity (Wildman–Crippen MR) is 314 cm³/mol. The molecule has 0 aliphatic carbocycles. The van der Waals surface area contributed by atoms with Gasteiger partial charge in [0, 0.05) is 12.8 Å². The monoisotopic (exact) mass is 1050 g/mol. The number of quaternary nitrogens is 1. The van der Waals surface area contributed by atoms with Crippen LogP contribution in [0.1, 0.15) is 303 Å². The third-order valence-corrected chi connectivity index (χ3v) is 15.1. The zero-order chi connectivity index (χ0) is 53.6. The fourth-order valence-corrected chi connectivity index (χ4v) is 9.96. The van der Waals surface area contributed by atoms with Crippen molar-refractivity contribution >= 4 is 19.7 Å². The number of carbonyl (C=O) groups is 2. The van der Waals surface area contributed by atoms with Gasteiger partial charge in [-0.05, 0) is 51.0 Å². The van der Waals surface area contributed by atoms with E-state index in [1.807, 2.05) is 39.4 Å². The third kappa shape index (κ3) is 54.8. The summed E-state index contributed by atoms with van der Waals surface area (Å²) in [6.45, 7) is 7.00. The molecule has 73 heavy (non-hydrogen) atoms. The van der Waals surface area contributed by atoms with E-state index in [-0.39, 0.29) is 37.9 Å². The number of hydrogen-bond acceptors (Lipinski definition) is 6. The Kier molecular flexibility index (Phi) is 52.3. The summed E-state index contributed by atoms with van der Waals surface area (Å²) in [6, 6.07) is -0.874. The molecule has 0 radical (unpaired) electrons. The average molecular weight is 1050 g/mol. The van der Waals surface area contributed by atoms with Gasteiger partial charge in [-0.3, -0.25) is 18.6 Å². The van der Waals surface area contributed by atoms with Crippen molar-refractivity contribution in [2.45, 2.75) is 315 Å². The molecule has 0 aromatic carbocycles. The number of nitrogens with zero attached hydrogens (tertiary/aromatic N) is 1. The second kappa shape index (κ2) is 53.6. The smallest absolute Gasteiger partial charge is 0.456 e. The van der Waals surface area contributed by atoms with E-state index in [2.05, 4.69) is 44.3 Å². The highest BCUT2D eigenvalue weighted by Crippen LogP contribution is 2.43. The van der Waals surface area contributed by atoms with Crippen LogP contribution in [-0.4, -0.2) is 74.3 Å². The zero-order valence-electron chi connectivity index (χ0n) is 49.1. The summed E-state index contributed by atoms with van der Waals surface area (Å²) < 4.78 is 30.6. The van der Waals surface area contributed by atoms with Crippen molar-refractivity contribution in [1.82, 2.24) is 5.32 Å². The molecule has 9 nitrogen and oxygen atoms in total. The summed E-state index contributed by atoms with van der Waals surface area (Å²) in [5, 5.41) is 3.02. The molecule has 0 aliphatic heterocycles. The number of ether oxygens (including phenoxy) is 1. The number of amides is 1. The fraction of sp³-hybridized carbons (Fsp3) is 0.873. The normalized spacial score (nSPS) is 13.9. The molecule has 0 saturated heterocycles. The Morgan fingerprint density at radius 2 is 0.849 bits per heavy atom. The highest BCUT2D eigenvalue weighted by Gasteiger charge is 2.30. The van der Waals surface area contributed by atoms with Crippen molar-refractivity contribution in [2.75, 3.05) is 40.9 Å². The first-order valence-corrected chi connectivity index (χ1v) is 32.8. The molecule has 0 heterocycles. The number of carbonyl (C=O) groups excluding carboxylic acids is 2. The molecular formula is C63H122N2O7P+. The molecule has 10 heteroatoms. The lowest BCUT2D eigenvalue weighted by molar-refractivity contribution is -0.870. The number of allylic oxidation sites excluding steroid dienone is 5. The SMILES string of the molecule is CCCCCCCC/C=C\C/C=C/CCC(=O)NC(COP(=O)(O)OCC[N+](C)(C)C)C(/C=C\CCCCCCCCCCCCC)OC(=O)CCCCCCCCCCCCCCCCCCCCCCC. The molecule has 0 rings (SSSR count).